The van der Waals surface area contributed by atoms with E-state index in [1.165, 1.54) is 0 Å². The Bertz CT molecular complexity index is 500. The first-order chi connectivity index (χ1) is 9.16. The molecule has 19 heavy (non-hydrogen) atoms. The molecule has 1 aliphatic rings. The molecule has 1 N–H and O–H groups in total. The summed E-state index contributed by atoms with van der Waals surface area (Å²) < 4.78 is 0. The summed E-state index contributed by atoms with van der Waals surface area (Å²) in [6, 6.07) is 9.85. The number of carboxylic acids is 1. The highest BCUT2D eigenvalue weighted by atomic mass is 16.4. The number of hydrogen-bond donors (Lipinski definition) is 1. The van der Waals surface area contributed by atoms with Gasteiger partial charge in [-0.1, -0.05) is 37.0 Å². The molecule has 0 bridgehead atoms. The summed E-state index contributed by atoms with van der Waals surface area (Å²) >= 11 is 0. The normalized spacial score (nSPS) is 22.8. The van der Waals surface area contributed by atoms with Crippen LogP contribution in [0.25, 0.3) is 0 Å². The monoisotopic (exact) mass is 257 g/mol. The van der Waals surface area contributed by atoms with Crippen molar-refractivity contribution in [1.29, 1.82) is 0 Å². The summed E-state index contributed by atoms with van der Waals surface area (Å²) in [7, 11) is 0. The van der Waals surface area contributed by atoms with Crippen LogP contribution in [0.2, 0.25) is 0 Å². The van der Waals surface area contributed by atoms with Gasteiger partial charge < -0.3 is 5.11 Å². The summed E-state index contributed by atoms with van der Waals surface area (Å²) in [5.74, 6) is 5.56. The quantitative estimate of drug-likeness (QED) is 0.844. The van der Waals surface area contributed by atoms with Gasteiger partial charge in [-0.2, -0.15) is 0 Å². The fourth-order valence-electron chi connectivity index (χ4n) is 2.48. The Morgan fingerprint density at radius 1 is 1.42 bits per heavy atom. The Morgan fingerprint density at radius 2 is 2.16 bits per heavy atom. The molecule has 1 aliphatic heterocycles. The molecule has 3 heteroatoms. The highest BCUT2D eigenvalue weighted by Gasteiger charge is 2.42. The van der Waals surface area contributed by atoms with E-state index in [4.69, 9.17) is 0 Å². The lowest BCUT2D eigenvalue weighted by Crippen LogP contribution is -2.34. The van der Waals surface area contributed by atoms with Crippen LogP contribution in [0, 0.1) is 17.3 Å². The fraction of sp³-hybridized carbons (Fsp3) is 0.438. The van der Waals surface area contributed by atoms with Gasteiger partial charge in [0.25, 0.3) is 0 Å². The molecule has 1 heterocycles. The summed E-state index contributed by atoms with van der Waals surface area (Å²) in [6.45, 7) is 4.03. The van der Waals surface area contributed by atoms with Gasteiger partial charge in [-0.05, 0) is 25.0 Å². The zero-order chi connectivity index (χ0) is 13.7. The molecule has 0 amide bonds. The maximum absolute atomic E-state index is 11.3. The molecule has 1 saturated heterocycles. The first kappa shape index (κ1) is 13.6. The van der Waals surface area contributed by atoms with Crippen LogP contribution in [-0.2, 0) is 4.79 Å². The molecule has 1 atom stereocenters. The number of aliphatic carboxylic acids is 1. The summed E-state index contributed by atoms with van der Waals surface area (Å²) in [5.41, 5.74) is 0.440. The standard InChI is InChI=1S/C16H19NO2/c1-2-16(15(18)19)10-12-17(13-16)11-6-9-14-7-4-3-5-8-14/h3-5,7-8H,2,10-13H2,1H3,(H,18,19). The third kappa shape index (κ3) is 3.15. The third-order valence-corrected chi connectivity index (χ3v) is 3.87. The molecule has 1 unspecified atom stereocenters. The van der Waals surface area contributed by atoms with Crippen LogP contribution in [0.1, 0.15) is 25.3 Å². The van der Waals surface area contributed by atoms with E-state index in [1.54, 1.807) is 0 Å². The molecule has 0 aliphatic carbocycles. The second-order valence-corrected chi connectivity index (χ2v) is 5.07. The maximum atomic E-state index is 11.3. The van der Waals surface area contributed by atoms with E-state index in [-0.39, 0.29) is 0 Å². The lowest BCUT2D eigenvalue weighted by atomic mass is 9.84. The summed E-state index contributed by atoms with van der Waals surface area (Å²) in [5, 5.41) is 9.32. The van der Waals surface area contributed by atoms with Gasteiger partial charge in [0, 0.05) is 18.7 Å². The zero-order valence-electron chi connectivity index (χ0n) is 11.2. The van der Waals surface area contributed by atoms with E-state index in [0.29, 0.717) is 19.5 Å². The van der Waals surface area contributed by atoms with Crippen molar-refractivity contribution in [3.8, 4) is 11.8 Å². The Kier molecular flexibility index (Phi) is 4.24. The zero-order valence-corrected chi connectivity index (χ0v) is 11.2. The average molecular weight is 257 g/mol. The van der Waals surface area contributed by atoms with Gasteiger partial charge >= 0.3 is 5.97 Å². The van der Waals surface area contributed by atoms with E-state index >= 15 is 0 Å². The first-order valence-corrected chi connectivity index (χ1v) is 6.66. The van der Waals surface area contributed by atoms with Crippen LogP contribution >= 0.6 is 0 Å². The lowest BCUT2D eigenvalue weighted by molar-refractivity contribution is -0.148. The van der Waals surface area contributed by atoms with Crippen LogP contribution in [0.4, 0.5) is 0 Å². The molecule has 3 nitrogen and oxygen atoms in total. The van der Waals surface area contributed by atoms with Crippen LogP contribution in [0.15, 0.2) is 30.3 Å². The number of rotatable bonds is 3. The SMILES string of the molecule is CCC1(C(=O)O)CCN(CC#Cc2ccccc2)C1. The van der Waals surface area contributed by atoms with E-state index in [1.807, 2.05) is 37.3 Å². The molecule has 1 aromatic rings. The number of benzene rings is 1. The van der Waals surface area contributed by atoms with Crippen molar-refractivity contribution >= 4 is 5.97 Å². The Morgan fingerprint density at radius 3 is 2.74 bits per heavy atom. The van der Waals surface area contributed by atoms with Crippen molar-refractivity contribution in [1.82, 2.24) is 4.90 Å². The molecule has 100 valence electrons. The van der Waals surface area contributed by atoms with Gasteiger partial charge in [0.05, 0.1) is 12.0 Å². The summed E-state index contributed by atoms with van der Waals surface area (Å²) in [6.07, 6.45) is 1.41. The molecule has 0 spiro atoms. The topological polar surface area (TPSA) is 40.5 Å². The van der Waals surface area contributed by atoms with E-state index in [0.717, 1.165) is 18.5 Å². The van der Waals surface area contributed by atoms with Crippen molar-refractivity contribution in [2.75, 3.05) is 19.6 Å². The minimum atomic E-state index is -0.673. The van der Waals surface area contributed by atoms with Gasteiger partial charge in [-0.15, -0.1) is 0 Å². The Balaban J connectivity index is 1.93. The fourth-order valence-corrected chi connectivity index (χ4v) is 2.48. The molecular formula is C16H19NO2. The van der Waals surface area contributed by atoms with Crippen molar-refractivity contribution < 1.29 is 9.90 Å². The van der Waals surface area contributed by atoms with E-state index in [9.17, 15) is 9.90 Å². The lowest BCUT2D eigenvalue weighted by Gasteiger charge is -2.22. The molecule has 0 saturated carbocycles. The molecule has 1 aromatic carbocycles. The van der Waals surface area contributed by atoms with Gasteiger partial charge in [0.2, 0.25) is 0 Å². The predicted octanol–water partition coefficient (Wildman–Crippen LogP) is 2.22. The minimum absolute atomic E-state index is 0.561. The van der Waals surface area contributed by atoms with Crippen LogP contribution in [0.3, 0.4) is 0 Å². The van der Waals surface area contributed by atoms with Crippen LogP contribution in [-0.4, -0.2) is 35.6 Å². The van der Waals surface area contributed by atoms with Crippen molar-refractivity contribution in [3.63, 3.8) is 0 Å². The van der Waals surface area contributed by atoms with E-state index in [2.05, 4.69) is 16.7 Å². The number of carboxylic acid groups (broad SMARTS) is 1. The van der Waals surface area contributed by atoms with Crippen molar-refractivity contribution in [2.45, 2.75) is 19.8 Å². The second kappa shape index (κ2) is 5.90. The Hall–Kier alpha value is -1.79. The summed E-state index contributed by atoms with van der Waals surface area (Å²) in [4.78, 5) is 13.5. The highest BCUT2D eigenvalue weighted by molar-refractivity contribution is 5.75. The predicted molar refractivity (Wildman–Crippen MR) is 74.7 cm³/mol. The molecule has 1 fully saturated rings. The number of hydrogen-bond acceptors (Lipinski definition) is 2. The first-order valence-electron chi connectivity index (χ1n) is 6.66. The van der Waals surface area contributed by atoms with Crippen LogP contribution < -0.4 is 0 Å². The Labute approximate surface area is 114 Å². The van der Waals surface area contributed by atoms with Gasteiger partial charge in [0.15, 0.2) is 0 Å². The number of nitrogens with zero attached hydrogens (tertiary/aromatic N) is 1. The highest BCUT2D eigenvalue weighted by Crippen LogP contribution is 2.33. The molecular weight excluding hydrogens is 238 g/mol. The van der Waals surface area contributed by atoms with E-state index < -0.39 is 11.4 Å². The largest absolute Gasteiger partial charge is 0.481 e. The maximum Gasteiger partial charge on any atom is 0.310 e. The van der Waals surface area contributed by atoms with Gasteiger partial charge in [-0.3, -0.25) is 9.69 Å². The van der Waals surface area contributed by atoms with Gasteiger partial charge in [0.1, 0.15) is 0 Å². The number of likely N-dealkylation sites (tertiary alicyclic amines) is 1. The minimum Gasteiger partial charge on any atom is -0.481 e. The molecule has 0 radical (unpaired) electrons. The van der Waals surface area contributed by atoms with Crippen LogP contribution in [0.5, 0.6) is 0 Å². The van der Waals surface area contributed by atoms with Crippen molar-refractivity contribution in [3.05, 3.63) is 35.9 Å². The average Bonchev–Trinajstić information content (AvgIpc) is 2.85. The third-order valence-electron chi connectivity index (χ3n) is 3.87. The smallest absolute Gasteiger partial charge is 0.310 e. The number of carbonyl (C=O) groups is 1. The molecule has 2 rings (SSSR count). The molecule has 0 aromatic heterocycles. The second-order valence-electron chi connectivity index (χ2n) is 5.07. The van der Waals surface area contributed by atoms with Gasteiger partial charge in [-0.25, -0.2) is 0 Å². The van der Waals surface area contributed by atoms with Crippen molar-refractivity contribution in [2.24, 2.45) is 5.41 Å².